The molecule has 3 heterocycles. The molecular formula is C18H25N3O2S. The van der Waals surface area contributed by atoms with Gasteiger partial charge in [0.2, 0.25) is 0 Å². The molecule has 130 valence electrons. The van der Waals surface area contributed by atoms with Crippen LogP contribution >= 0.6 is 11.3 Å². The first-order valence-corrected chi connectivity index (χ1v) is 9.23. The zero-order valence-corrected chi connectivity index (χ0v) is 15.7. The summed E-state index contributed by atoms with van der Waals surface area (Å²) in [5.41, 5.74) is 1.92. The van der Waals surface area contributed by atoms with Gasteiger partial charge in [0.15, 0.2) is 0 Å². The van der Waals surface area contributed by atoms with Crippen molar-refractivity contribution in [2.75, 3.05) is 26.2 Å². The quantitative estimate of drug-likeness (QED) is 0.855. The van der Waals surface area contributed by atoms with E-state index in [2.05, 4.69) is 31.1 Å². The molecule has 0 atom stereocenters. The standard InChI is InChI=1S/C18H25N3O2S/c1-13-15(5-10-23-13)16(22)21-8-6-20(7-9-21)11-14-12-24-17(19-14)18(2,3)4/h5,10,12H,6-9,11H2,1-4H3. The Bertz CT molecular complexity index is 706. The molecule has 1 aliphatic heterocycles. The van der Waals surface area contributed by atoms with Crippen LogP contribution in [0.15, 0.2) is 22.1 Å². The third-order valence-electron chi connectivity index (χ3n) is 4.33. The zero-order chi connectivity index (χ0) is 17.3. The number of nitrogens with zero attached hydrogens (tertiary/aromatic N) is 3. The molecule has 3 rings (SSSR count). The summed E-state index contributed by atoms with van der Waals surface area (Å²) < 4.78 is 5.24. The van der Waals surface area contributed by atoms with Gasteiger partial charge in [0, 0.05) is 43.5 Å². The molecule has 6 heteroatoms. The summed E-state index contributed by atoms with van der Waals surface area (Å²) >= 11 is 1.74. The fraction of sp³-hybridized carbons (Fsp3) is 0.556. The molecule has 0 unspecified atom stereocenters. The van der Waals surface area contributed by atoms with Gasteiger partial charge in [-0.1, -0.05) is 20.8 Å². The molecule has 1 fully saturated rings. The van der Waals surface area contributed by atoms with Crippen LogP contribution in [0.5, 0.6) is 0 Å². The Morgan fingerprint density at radius 3 is 2.54 bits per heavy atom. The normalized spacial score (nSPS) is 16.6. The number of amides is 1. The highest BCUT2D eigenvalue weighted by atomic mass is 32.1. The van der Waals surface area contributed by atoms with E-state index in [9.17, 15) is 4.79 Å². The number of aryl methyl sites for hydroxylation is 1. The Balaban J connectivity index is 1.55. The molecule has 0 aliphatic carbocycles. The molecule has 0 N–H and O–H groups in total. The maximum Gasteiger partial charge on any atom is 0.257 e. The van der Waals surface area contributed by atoms with Gasteiger partial charge >= 0.3 is 0 Å². The van der Waals surface area contributed by atoms with Crippen LogP contribution in [0.1, 0.15) is 47.6 Å². The molecule has 5 nitrogen and oxygen atoms in total. The molecule has 0 saturated carbocycles. The minimum absolute atomic E-state index is 0.0737. The third kappa shape index (κ3) is 3.70. The van der Waals surface area contributed by atoms with Gasteiger partial charge in [-0.15, -0.1) is 11.3 Å². The SMILES string of the molecule is Cc1occc1C(=O)N1CCN(Cc2csc(C(C)(C)C)n2)CC1. The average molecular weight is 347 g/mol. The van der Waals surface area contributed by atoms with E-state index in [0.717, 1.165) is 38.4 Å². The van der Waals surface area contributed by atoms with Crippen LogP contribution in [0.3, 0.4) is 0 Å². The van der Waals surface area contributed by atoms with Gasteiger partial charge in [-0.2, -0.15) is 0 Å². The van der Waals surface area contributed by atoms with Crippen LogP contribution in [-0.2, 0) is 12.0 Å². The van der Waals surface area contributed by atoms with E-state index >= 15 is 0 Å². The molecule has 24 heavy (non-hydrogen) atoms. The summed E-state index contributed by atoms with van der Waals surface area (Å²) in [6.07, 6.45) is 1.58. The minimum Gasteiger partial charge on any atom is -0.469 e. The van der Waals surface area contributed by atoms with Crippen molar-refractivity contribution in [3.05, 3.63) is 39.7 Å². The molecule has 0 aromatic carbocycles. The molecule has 0 bridgehead atoms. The van der Waals surface area contributed by atoms with E-state index in [0.29, 0.717) is 11.3 Å². The van der Waals surface area contributed by atoms with E-state index in [4.69, 9.17) is 9.40 Å². The zero-order valence-electron chi connectivity index (χ0n) is 14.8. The largest absolute Gasteiger partial charge is 0.469 e. The first kappa shape index (κ1) is 17.2. The van der Waals surface area contributed by atoms with Crippen molar-refractivity contribution in [1.29, 1.82) is 0 Å². The Labute approximate surface area is 147 Å². The van der Waals surface area contributed by atoms with Crippen molar-refractivity contribution in [1.82, 2.24) is 14.8 Å². The van der Waals surface area contributed by atoms with Crippen molar-refractivity contribution >= 4 is 17.2 Å². The number of thiazole rings is 1. The maximum atomic E-state index is 12.5. The Kier molecular flexibility index (Phi) is 4.78. The molecule has 2 aromatic heterocycles. The lowest BCUT2D eigenvalue weighted by Crippen LogP contribution is -2.48. The molecule has 0 radical (unpaired) electrons. The molecule has 1 amide bonds. The molecule has 0 spiro atoms. The predicted octanol–water partition coefficient (Wildman–Crippen LogP) is 3.30. The van der Waals surface area contributed by atoms with Crippen molar-refractivity contribution in [3.8, 4) is 0 Å². The van der Waals surface area contributed by atoms with Gasteiger partial charge in [0.05, 0.1) is 22.5 Å². The van der Waals surface area contributed by atoms with Crippen LogP contribution in [-0.4, -0.2) is 46.9 Å². The van der Waals surface area contributed by atoms with Crippen molar-refractivity contribution in [2.24, 2.45) is 0 Å². The summed E-state index contributed by atoms with van der Waals surface area (Å²) in [7, 11) is 0. The predicted molar refractivity (Wildman–Crippen MR) is 95.4 cm³/mol. The highest BCUT2D eigenvalue weighted by molar-refractivity contribution is 7.09. The summed E-state index contributed by atoms with van der Waals surface area (Å²) in [4.78, 5) is 21.5. The second kappa shape index (κ2) is 6.69. The number of hydrogen-bond acceptors (Lipinski definition) is 5. The van der Waals surface area contributed by atoms with Crippen LogP contribution in [0.25, 0.3) is 0 Å². The second-order valence-corrected chi connectivity index (χ2v) is 8.21. The van der Waals surface area contributed by atoms with Gasteiger partial charge in [0.1, 0.15) is 5.76 Å². The maximum absolute atomic E-state index is 12.5. The van der Waals surface area contributed by atoms with E-state index in [1.807, 2.05) is 11.8 Å². The van der Waals surface area contributed by atoms with E-state index in [1.54, 1.807) is 23.7 Å². The van der Waals surface area contributed by atoms with Crippen LogP contribution in [0, 0.1) is 6.92 Å². The molecule has 1 aliphatic rings. The smallest absolute Gasteiger partial charge is 0.257 e. The Morgan fingerprint density at radius 1 is 1.29 bits per heavy atom. The van der Waals surface area contributed by atoms with E-state index < -0.39 is 0 Å². The highest BCUT2D eigenvalue weighted by Gasteiger charge is 2.25. The first-order valence-electron chi connectivity index (χ1n) is 8.35. The van der Waals surface area contributed by atoms with Crippen LogP contribution in [0.2, 0.25) is 0 Å². The summed E-state index contributed by atoms with van der Waals surface area (Å²) in [5.74, 6) is 0.768. The number of carbonyl (C=O) groups excluding carboxylic acids is 1. The average Bonchev–Trinajstić information content (AvgIpc) is 3.16. The van der Waals surface area contributed by atoms with Gasteiger partial charge < -0.3 is 9.32 Å². The van der Waals surface area contributed by atoms with E-state index in [-0.39, 0.29) is 11.3 Å². The van der Waals surface area contributed by atoms with Crippen LogP contribution in [0.4, 0.5) is 0 Å². The monoisotopic (exact) mass is 347 g/mol. The first-order chi connectivity index (χ1) is 11.3. The highest BCUT2D eigenvalue weighted by Crippen LogP contribution is 2.26. The van der Waals surface area contributed by atoms with Crippen molar-refractivity contribution < 1.29 is 9.21 Å². The lowest BCUT2D eigenvalue weighted by Gasteiger charge is -2.34. The summed E-state index contributed by atoms with van der Waals surface area (Å²) in [6, 6.07) is 1.76. The Hall–Kier alpha value is -1.66. The number of carbonyl (C=O) groups is 1. The fourth-order valence-corrected chi connectivity index (χ4v) is 3.74. The summed E-state index contributed by atoms with van der Waals surface area (Å²) in [6.45, 7) is 12.5. The lowest BCUT2D eigenvalue weighted by molar-refractivity contribution is 0.0625. The Morgan fingerprint density at radius 2 is 2.00 bits per heavy atom. The van der Waals surface area contributed by atoms with E-state index in [1.165, 1.54) is 5.01 Å². The van der Waals surface area contributed by atoms with Crippen molar-refractivity contribution in [3.63, 3.8) is 0 Å². The number of hydrogen-bond donors (Lipinski definition) is 0. The molecular weight excluding hydrogens is 322 g/mol. The van der Waals surface area contributed by atoms with Gasteiger partial charge in [-0.25, -0.2) is 4.98 Å². The lowest BCUT2D eigenvalue weighted by atomic mass is 9.98. The van der Waals surface area contributed by atoms with Gasteiger partial charge in [-0.3, -0.25) is 9.69 Å². The number of furan rings is 1. The second-order valence-electron chi connectivity index (χ2n) is 7.35. The number of piperazine rings is 1. The number of rotatable bonds is 3. The van der Waals surface area contributed by atoms with Gasteiger partial charge in [-0.05, 0) is 13.0 Å². The number of aromatic nitrogens is 1. The molecule has 1 saturated heterocycles. The third-order valence-corrected chi connectivity index (χ3v) is 5.64. The summed E-state index contributed by atoms with van der Waals surface area (Å²) in [5, 5.41) is 3.34. The van der Waals surface area contributed by atoms with Crippen molar-refractivity contribution in [2.45, 2.75) is 39.7 Å². The topological polar surface area (TPSA) is 49.6 Å². The van der Waals surface area contributed by atoms with Crippen LogP contribution < -0.4 is 0 Å². The van der Waals surface area contributed by atoms with Gasteiger partial charge in [0.25, 0.3) is 5.91 Å². The molecule has 2 aromatic rings. The minimum atomic E-state index is 0.0737. The fourth-order valence-electron chi connectivity index (χ4n) is 2.84.